The Kier molecular flexibility index (Phi) is 3.11. The molecule has 0 saturated carbocycles. The minimum absolute atomic E-state index is 0.0656. The smallest absolute Gasteiger partial charge is 0.259 e. The molecule has 3 rings (SSSR count). The van der Waals surface area contributed by atoms with Gasteiger partial charge in [0, 0.05) is 31.2 Å². The molecule has 1 aromatic heterocycles. The van der Waals surface area contributed by atoms with Crippen molar-refractivity contribution < 1.29 is 9.59 Å². The minimum Gasteiger partial charge on any atom is -0.382 e. The van der Waals surface area contributed by atoms with E-state index in [1.54, 1.807) is 6.92 Å². The molecule has 20 heavy (non-hydrogen) atoms. The fourth-order valence-corrected chi connectivity index (χ4v) is 3.17. The molecule has 2 aliphatic rings. The van der Waals surface area contributed by atoms with E-state index in [1.165, 1.54) is 0 Å². The topological polar surface area (TPSA) is 104 Å². The van der Waals surface area contributed by atoms with Gasteiger partial charge in [-0.15, -0.1) is 0 Å². The zero-order valence-electron chi connectivity index (χ0n) is 11.5. The molecule has 0 aromatic carbocycles. The number of amides is 2. The number of anilines is 1. The van der Waals surface area contributed by atoms with Gasteiger partial charge in [0.15, 0.2) is 5.82 Å². The van der Waals surface area contributed by atoms with Crippen LogP contribution in [-0.2, 0) is 4.79 Å². The molecule has 2 atom stereocenters. The van der Waals surface area contributed by atoms with E-state index in [1.807, 2.05) is 4.90 Å². The molecule has 7 heteroatoms. The van der Waals surface area contributed by atoms with Crippen molar-refractivity contribution in [1.82, 2.24) is 20.4 Å². The molecule has 2 aliphatic heterocycles. The van der Waals surface area contributed by atoms with Crippen molar-refractivity contribution in [1.29, 1.82) is 0 Å². The van der Waals surface area contributed by atoms with E-state index in [9.17, 15) is 9.59 Å². The fraction of sp³-hybridized carbons (Fsp3) is 0.615. The maximum absolute atomic E-state index is 12.5. The van der Waals surface area contributed by atoms with Crippen molar-refractivity contribution in [3.8, 4) is 0 Å². The number of aromatic nitrogens is 2. The highest BCUT2D eigenvalue weighted by molar-refractivity contribution is 5.99. The molecule has 4 N–H and O–H groups in total. The lowest BCUT2D eigenvalue weighted by molar-refractivity contribution is -0.125. The summed E-state index contributed by atoms with van der Waals surface area (Å²) in [7, 11) is 0. The maximum Gasteiger partial charge on any atom is 0.259 e. The van der Waals surface area contributed by atoms with Gasteiger partial charge in [0.25, 0.3) is 5.91 Å². The van der Waals surface area contributed by atoms with Crippen molar-refractivity contribution in [2.24, 2.45) is 5.92 Å². The number of carbonyl (C=O) groups excluding carboxylic acids is 2. The number of rotatable bonds is 1. The first-order chi connectivity index (χ1) is 9.56. The van der Waals surface area contributed by atoms with Gasteiger partial charge in [0.05, 0.1) is 0 Å². The lowest BCUT2D eigenvalue weighted by Gasteiger charge is -2.41. The first-order valence-electron chi connectivity index (χ1n) is 6.95. The Labute approximate surface area is 116 Å². The largest absolute Gasteiger partial charge is 0.382 e. The van der Waals surface area contributed by atoms with Crippen LogP contribution in [0.5, 0.6) is 0 Å². The molecule has 2 unspecified atom stereocenters. The van der Waals surface area contributed by atoms with Gasteiger partial charge in [0.2, 0.25) is 5.91 Å². The van der Waals surface area contributed by atoms with E-state index in [-0.39, 0.29) is 23.7 Å². The Morgan fingerprint density at radius 1 is 1.45 bits per heavy atom. The second-order valence-corrected chi connectivity index (χ2v) is 5.62. The molecular weight excluding hydrogens is 258 g/mol. The Morgan fingerprint density at radius 3 is 2.95 bits per heavy atom. The first-order valence-corrected chi connectivity index (χ1v) is 6.95. The van der Waals surface area contributed by atoms with Gasteiger partial charge >= 0.3 is 0 Å². The number of aryl methyl sites for hydroxylation is 1. The average Bonchev–Trinajstić information content (AvgIpc) is 2.77. The van der Waals surface area contributed by atoms with Crippen LogP contribution in [0.1, 0.15) is 35.3 Å². The van der Waals surface area contributed by atoms with E-state index in [0.29, 0.717) is 36.7 Å². The van der Waals surface area contributed by atoms with Gasteiger partial charge < -0.3 is 16.0 Å². The second kappa shape index (κ2) is 4.81. The Balaban J connectivity index is 1.73. The van der Waals surface area contributed by atoms with Crippen molar-refractivity contribution in [2.45, 2.75) is 32.2 Å². The summed E-state index contributed by atoms with van der Waals surface area (Å²) < 4.78 is 0. The quantitative estimate of drug-likeness (QED) is 0.674. The number of piperidine rings is 2. The number of hydrogen-bond acceptors (Lipinski definition) is 4. The van der Waals surface area contributed by atoms with E-state index >= 15 is 0 Å². The predicted octanol–water partition coefficient (Wildman–Crippen LogP) is 0.0410. The number of hydrogen-bond donors (Lipinski definition) is 3. The number of H-pyrrole nitrogens is 1. The van der Waals surface area contributed by atoms with Gasteiger partial charge in [0.1, 0.15) is 5.56 Å². The molecular formula is C13H19N5O2. The standard InChI is InChI=1S/C13H19N5O2/c1-7-11(12(14)17-16-7)13(20)18-5-4-9-8(6-18)2-3-10(19)15-9/h8-9H,2-6H2,1H3,(H,15,19)(H3,14,16,17). The second-order valence-electron chi connectivity index (χ2n) is 5.62. The van der Waals surface area contributed by atoms with Crippen LogP contribution in [0.25, 0.3) is 0 Å². The summed E-state index contributed by atoms with van der Waals surface area (Å²) in [6.45, 7) is 3.11. The third-order valence-corrected chi connectivity index (χ3v) is 4.30. The highest BCUT2D eigenvalue weighted by Crippen LogP contribution is 2.27. The highest BCUT2D eigenvalue weighted by Gasteiger charge is 2.36. The molecule has 0 radical (unpaired) electrons. The number of nitrogens with two attached hydrogens (primary N) is 1. The molecule has 2 amide bonds. The summed E-state index contributed by atoms with van der Waals surface area (Å²) >= 11 is 0. The molecule has 0 spiro atoms. The van der Waals surface area contributed by atoms with Crippen molar-refractivity contribution in [3.63, 3.8) is 0 Å². The van der Waals surface area contributed by atoms with E-state index < -0.39 is 0 Å². The number of likely N-dealkylation sites (tertiary alicyclic amines) is 1. The van der Waals surface area contributed by atoms with Crippen LogP contribution in [0, 0.1) is 12.8 Å². The molecule has 2 fully saturated rings. The summed E-state index contributed by atoms with van der Waals surface area (Å²) in [6, 6.07) is 0.211. The van der Waals surface area contributed by atoms with Crippen LogP contribution in [0.3, 0.4) is 0 Å². The Morgan fingerprint density at radius 2 is 2.25 bits per heavy atom. The molecule has 7 nitrogen and oxygen atoms in total. The zero-order valence-corrected chi connectivity index (χ0v) is 11.5. The summed E-state index contributed by atoms with van der Waals surface area (Å²) in [6.07, 6.45) is 2.20. The summed E-state index contributed by atoms with van der Waals surface area (Å²) in [5.41, 5.74) is 6.93. The number of nitrogens with one attached hydrogen (secondary N) is 2. The maximum atomic E-state index is 12.5. The Bertz CT molecular complexity index is 533. The number of fused-ring (bicyclic) bond motifs is 1. The molecule has 0 bridgehead atoms. The number of nitrogens with zero attached hydrogens (tertiary/aromatic N) is 2. The number of nitrogen functional groups attached to an aromatic ring is 1. The SMILES string of the molecule is Cc1[nH]nc(N)c1C(=O)N1CCC2NC(=O)CCC2C1. The summed E-state index contributed by atoms with van der Waals surface area (Å²) in [5.74, 6) is 0.662. The van der Waals surface area contributed by atoms with Crippen LogP contribution in [0.15, 0.2) is 0 Å². The molecule has 3 heterocycles. The highest BCUT2D eigenvalue weighted by atomic mass is 16.2. The van der Waals surface area contributed by atoms with Crippen molar-refractivity contribution >= 4 is 17.6 Å². The third kappa shape index (κ3) is 2.13. The first kappa shape index (κ1) is 13.0. The van der Waals surface area contributed by atoms with Gasteiger partial charge in [-0.25, -0.2) is 0 Å². The number of carbonyl (C=O) groups is 2. The number of aromatic amines is 1. The zero-order chi connectivity index (χ0) is 14.3. The van der Waals surface area contributed by atoms with Crippen molar-refractivity contribution in [3.05, 3.63) is 11.3 Å². The minimum atomic E-state index is -0.0656. The average molecular weight is 277 g/mol. The third-order valence-electron chi connectivity index (χ3n) is 4.30. The van der Waals surface area contributed by atoms with Gasteiger partial charge in [-0.3, -0.25) is 14.7 Å². The van der Waals surface area contributed by atoms with Gasteiger partial charge in [-0.2, -0.15) is 5.10 Å². The summed E-state index contributed by atoms with van der Waals surface area (Å²) in [5, 5.41) is 9.63. The fourth-order valence-electron chi connectivity index (χ4n) is 3.17. The van der Waals surface area contributed by atoms with Crippen LogP contribution in [0.2, 0.25) is 0 Å². The lowest BCUT2D eigenvalue weighted by atomic mass is 9.85. The van der Waals surface area contributed by atoms with E-state index in [2.05, 4.69) is 15.5 Å². The molecule has 108 valence electrons. The van der Waals surface area contributed by atoms with Crippen LogP contribution >= 0.6 is 0 Å². The molecule has 0 aliphatic carbocycles. The normalized spacial score (nSPS) is 26.1. The molecule has 2 saturated heterocycles. The summed E-state index contributed by atoms with van der Waals surface area (Å²) in [4.78, 5) is 25.8. The monoisotopic (exact) mass is 277 g/mol. The lowest BCUT2D eigenvalue weighted by Crippen LogP contribution is -2.55. The van der Waals surface area contributed by atoms with E-state index in [4.69, 9.17) is 5.73 Å². The van der Waals surface area contributed by atoms with Crippen LogP contribution < -0.4 is 11.1 Å². The van der Waals surface area contributed by atoms with Crippen molar-refractivity contribution in [2.75, 3.05) is 18.8 Å². The molecule has 1 aromatic rings. The predicted molar refractivity (Wildman–Crippen MR) is 72.9 cm³/mol. The van der Waals surface area contributed by atoms with Crippen LogP contribution in [-0.4, -0.2) is 46.0 Å². The van der Waals surface area contributed by atoms with Gasteiger partial charge in [-0.1, -0.05) is 0 Å². The van der Waals surface area contributed by atoms with E-state index in [0.717, 1.165) is 12.8 Å². The van der Waals surface area contributed by atoms with Gasteiger partial charge in [-0.05, 0) is 25.7 Å². The van der Waals surface area contributed by atoms with Crippen LogP contribution in [0.4, 0.5) is 5.82 Å². The Hall–Kier alpha value is -2.05.